The number of carbonyl (C=O) groups is 1. The molecule has 160 valence electrons. The van der Waals surface area contributed by atoms with Crippen LogP contribution in [0.5, 0.6) is 0 Å². The van der Waals surface area contributed by atoms with Crippen LogP contribution in [0, 0.1) is 11.3 Å². The van der Waals surface area contributed by atoms with Crippen molar-refractivity contribution in [3.63, 3.8) is 0 Å². The predicted molar refractivity (Wildman–Crippen MR) is 127 cm³/mol. The summed E-state index contributed by atoms with van der Waals surface area (Å²) in [4.78, 5) is 17.1. The molecular weight excluding hydrogens is 396 g/mol. The monoisotopic (exact) mass is 422 g/mol. The number of amides is 1. The number of hydrogen-bond acceptors (Lipinski definition) is 4. The standard InChI is InChI=1S/C27H26N4O/c28-20-24(21-29-25-14-8-3-9-15-25)27(32)31-18-16-30(17-19-31)26(22-10-4-1-5-11-22)23-12-6-2-7-13-23/h1-15,21,26,29H,16-19H2/b24-21-. The number of para-hydroxylation sites is 1. The van der Waals surface area contributed by atoms with Gasteiger partial charge in [-0.05, 0) is 23.3 Å². The van der Waals surface area contributed by atoms with Gasteiger partial charge in [0.25, 0.3) is 5.91 Å². The number of benzene rings is 3. The number of rotatable bonds is 6. The minimum Gasteiger partial charge on any atom is -0.360 e. The molecule has 1 amide bonds. The summed E-state index contributed by atoms with van der Waals surface area (Å²) in [6.07, 6.45) is 1.50. The highest BCUT2D eigenvalue weighted by molar-refractivity contribution is 5.97. The summed E-state index contributed by atoms with van der Waals surface area (Å²) in [5.74, 6) is -0.230. The number of anilines is 1. The van der Waals surface area contributed by atoms with Crippen molar-refractivity contribution >= 4 is 11.6 Å². The van der Waals surface area contributed by atoms with Gasteiger partial charge in [-0.2, -0.15) is 5.26 Å². The van der Waals surface area contributed by atoms with Crippen LogP contribution in [0.4, 0.5) is 5.69 Å². The van der Waals surface area contributed by atoms with Crippen LogP contribution < -0.4 is 5.32 Å². The maximum atomic E-state index is 12.9. The summed E-state index contributed by atoms with van der Waals surface area (Å²) >= 11 is 0. The van der Waals surface area contributed by atoms with Gasteiger partial charge >= 0.3 is 0 Å². The molecule has 32 heavy (non-hydrogen) atoms. The van der Waals surface area contributed by atoms with Gasteiger partial charge in [0.05, 0.1) is 6.04 Å². The van der Waals surface area contributed by atoms with Crippen LogP contribution in [0.2, 0.25) is 0 Å². The Morgan fingerprint density at radius 3 is 1.81 bits per heavy atom. The van der Waals surface area contributed by atoms with Crippen molar-refractivity contribution in [3.8, 4) is 6.07 Å². The molecule has 1 saturated heterocycles. The fraction of sp³-hybridized carbons (Fsp3) is 0.185. The maximum absolute atomic E-state index is 12.9. The summed E-state index contributed by atoms with van der Waals surface area (Å²) in [6, 6.07) is 32.6. The molecule has 1 heterocycles. The van der Waals surface area contributed by atoms with Gasteiger partial charge in [-0.1, -0.05) is 78.9 Å². The molecule has 0 aromatic heterocycles. The lowest BCUT2D eigenvalue weighted by atomic mass is 9.96. The molecule has 0 saturated carbocycles. The van der Waals surface area contributed by atoms with E-state index in [0.29, 0.717) is 13.1 Å². The zero-order valence-corrected chi connectivity index (χ0v) is 17.9. The molecule has 1 aliphatic rings. The summed E-state index contributed by atoms with van der Waals surface area (Å²) in [6.45, 7) is 2.65. The van der Waals surface area contributed by atoms with E-state index in [1.807, 2.05) is 48.5 Å². The number of carbonyl (C=O) groups excluding carboxylic acids is 1. The first-order chi connectivity index (χ1) is 15.8. The maximum Gasteiger partial charge on any atom is 0.266 e. The Morgan fingerprint density at radius 1 is 0.812 bits per heavy atom. The van der Waals surface area contributed by atoms with Crippen molar-refractivity contribution in [2.45, 2.75) is 6.04 Å². The average Bonchev–Trinajstić information content (AvgIpc) is 2.87. The molecule has 5 heteroatoms. The molecule has 0 radical (unpaired) electrons. The normalized spacial score (nSPS) is 14.8. The topological polar surface area (TPSA) is 59.4 Å². The Hall–Kier alpha value is -3.88. The lowest BCUT2D eigenvalue weighted by Crippen LogP contribution is -2.50. The third-order valence-electron chi connectivity index (χ3n) is 5.71. The number of nitriles is 1. The van der Waals surface area contributed by atoms with E-state index in [1.165, 1.54) is 17.3 Å². The van der Waals surface area contributed by atoms with E-state index >= 15 is 0 Å². The van der Waals surface area contributed by atoms with Crippen LogP contribution in [0.15, 0.2) is 103 Å². The first-order valence-electron chi connectivity index (χ1n) is 10.8. The van der Waals surface area contributed by atoms with Crippen molar-refractivity contribution in [1.82, 2.24) is 9.80 Å². The highest BCUT2D eigenvalue weighted by Crippen LogP contribution is 2.29. The van der Waals surface area contributed by atoms with Crippen molar-refractivity contribution in [2.75, 3.05) is 31.5 Å². The van der Waals surface area contributed by atoms with Crippen LogP contribution in [0.1, 0.15) is 17.2 Å². The summed E-state index contributed by atoms with van der Waals surface area (Å²) < 4.78 is 0. The summed E-state index contributed by atoms with van der Waals surface area (Å²) in [5.41, 5.74) is 3.43. The lowest BCUT2D eigenvalue weighted by Gasteiger charge is -2.39. The van der Waals surface area contributed by atoms with Crippen molar-refractivity contribution in [3.05, 3.63) is 114 Å². The van der Waals surface area contributed by atoms with Crippen molar-refractivity contribution < 1.29 is 4.79 Å². The first-order valence-corrected chi connectivity index (χ1v) is 10.8. The van der Waals surface area contributed by atoms with Crippen LogP contribution in [-0.2, 0) is 4.79 Å². The zero-order valence-electron chi connectivity index (χ0n) is 17.9. The second-order valence-corrected chi connectivity index (χ2v) is 7.73. The average molecular weight is 423 g/mol. The molecular formula is C27H26N4O. The van der Waals surface area contributed by atoms with Crippen LogP contribution in [-0.4, -0.2) is 41.9 Å². The first kappa shape index (κ1) is 21.4. The molecule has 1 aliphatic heterocycles. The smallest absolute Gasteiger partial charge is 0.266 e. The fourth-order valence-electron chi connectivity index (χ4n) is 4.07. The summed E-state index contributed by atoms with van der Waals surface area (Å²) in [7, 11) is 0. The molecule has 5 nitrogen and oxygen atoms in total. The highest BCUT2D eigenvalue weighted by Gasteiger charge is 2.29. The molecule has 0 spiro atoms. The molecule has 0 unspecified atom stereocenters. The number of nitrogens with one attached hydrogen (secondary N) is 1. The number of piperazine rings is 1. The van der Waals surface area contributed by atoms with E-state index in [4.69, 9.17) is 0 Å². The van der Waals surface area contributed by atoms with Gasteiger partial charge in [0.2, 0.25) is 0 Å². The van der Waals surface area contributed by atoms with Gasteiger partial charge in [0.1, 0.15) is 11.6 Å². The number of hydrogen-bond donors (Lipinski definition) is 1. The Labute approximate surface area is 189 Å². The fourth-order valence-corrected chi connectivity index (χ4v) is 4.07. The van der Waals surface area contributed by atoms with E-state index in [0.717, 1.165) is 18.8 Å². The molecule has 1 N–H and O–H groups in total. The molecule has 0 atom stereocenters. The van der Waals surface area contributed by atoms with E-state index in [9.17, 15) is 10.1 Å². The van der Waals surface area contributed by atoms with E-state index in [2.05, 4.69) is 58.7 Å². The third kappa shape index (κ3) is 5.05. The Balaban J connectivity index is 1.45. The van der Waals surface area contributed by atoms with Crippen LogP contribution in [0.3, 0.4) is 0 Å². The minimum atomic E-state index is -0.230. The van der Waals surface area contributed by atoms with Gasteiger partial charge in [0.15, 0.2) is 0 Å². The Bertz CT molecular complexity index is 1040. The molecule has 3 aromatic rings. The Morgan fingerprint density at radius 2 is 1.31 bits per heavy atom. The van der Waals surface area contributed by atoms with Crippen molar-refractivity contribution in [2.24, 2.45) is 0 Å². The second kappa shape index (κ2) is 10.4. The van der Waals surface area contributed by atoms with Gasteiger partial charge < -0.3 is 10.2 Å². The SMILES string of the molecule is N#C/C(=C/Nc1ccccc1)C(=O)N1CCN(C(c2ccccc2)c2ccccc2)CC1. The molecule has 0 aliphatic carbocycles. The largest absolute Gasteiger partial charge is 0.360 e. The lowest BCUT2D eigenvalue weighted by molar-refractivity contribution is -0.128. The summed E-state index contributed by atoms with van der Waals surface area (Å²) in [5, 5.41) is 12.6. The van der Waals surface area contributed by atoms with Crippen LogP contribution >= 0.6 is 0 Å². The second-order valence-electron chi connectivity index (χ2n) is 7.73. The number of nitrogens with zero attached hydrogens (tertiary/aromatic N) is 3. The van der Waals surface area contributed by atoms with Gasteiger partial charge in [-0.15, -0.1) is 0 Å². The van der Waals surface area contributed by atoms with E-state index < -0.39 is 0 Å². The van der Waals surface area contributed by atoms with Gasteiger partial charge in [0, 0.05) is 38.1 Å². The van der Waals surface area contributed by atoms with Gasteiger partial charge in [-0.25, -0.2) is 0 Å². The van der Waals surface area contributed by atoms with Crippen LogP contribution in [0.25, 0.3) is 0 Å². The minimum absolute atomic E-state index is 0.116. The molecule has 1 fully saturated rings. The van der Waals surface area contributed by atoms with Gasteiger partial charge in [-0.3, -0.25) is 9.69 Å². The third-order valence-corrected chi connectivity index (χ3v) is 5.71. The Kier molecular flexibility index (Phi) is 6.96. The molecule has 4 rings (SSSR count). The predicted octanol–water partition coefficient (Wildman–Crippen LogP) is 4.44. The van der Waals surface area contributed by atoms with Crippen molar-refractivity contribution in [1.29, 1.82) is 5.26 Å². The quantitative estimate of drug-likeness (QED) is 0.471. The zero-order chi connectivity index (χ0) is 22.2. The molecule has 0 bridgehead atoms. The van der Waals surface area contributed by atoms with E-state index in [1.54, 1.807) is 4.90 Å². The van der Waals surface area contributed by atoms with E-state index in [-0.39, 0.29) is 17.5 Å². The molecule has 3 aromatic carbocycles. The highest BCUT2D eigenvalue weighted by atomic mass is 16.2.